The van der Waals surface area contributed by atoms with E-state index in [1.165, 1.54) is 33.2 Å². The van der Waals surface area contributed by atoms with Gasteiger partial charge >= 0.3 is 0 Å². The summed E-state index contributed by atoms with van der Waals surface area (Å²) in [6.45, 7) is 1.56. The van der Waals surface area contributed by atoms with Crippen LogP contribution in [-0.2, 0) is 13.1 Å². The largest absolute Gasteiger partial charge is 0.497 e. The van der Waals surface area contributed by atoms with E-state index in [4.69, 9.17) is 9.47 Å². The Balaban J connectivity index is 1.58. The molecule has 0 aliphatic rings. The minimum absolute atomic E-state index is 0.772. The summed E-state index contributed by atoms with van der Waals surface area (Å²) in [5.74, 6) is 1.72. The van der Waals surface area contributed by atoms with Crippen LogP contribution in [0.4, 0.5) is 0 Å². The Morgan fingerprint density at radius 3 is 1.89 bits per heavy atom. The van der Waals surface area contributed by atoms with Gasteiger partial charge in [0.1, 0.15) is 11.5 Å². The van der Waals surface area contributed by atoms with Gasteiger partial charge in [0, 0.05) is 47.8 Å². The highest BCUT2D eigenvalue weighted by Crippen LogP contribution is 2.37. The highest BCUT2D eigenvalue weighted by Gasteiger charge is 2.18. The molecular formula is C32H28N2O2. The van der Waals surface area contributed by atoms with Crippen LogP contribution in [0.15, 0.2) is 109 Å². The van der Waals surface area contributed by atoms with Crippen LogP contribution < -0.4 is 9.47 Å². The summed E-state index contributed by atoms with van der Waals surface area (Å²) in [6.07, 6.45) is 2.28. The van der Waals surface area contributed by atoms with Gasteiger partial charge in [-0.1, -0.05) is 60.7 Å². The molecule has 0 aliphatic carbocycles. The Labute approximate surface area is 210 Å². The number of hydrogen-bond donors (Lipinski definition) is 0. The number of nitrogens with zero attached hydrogens (tertiary/aromatic N) is 2. The Bertz CT molecular complexity index is 1650. The summed E-state index contributed by atoms with van der Waals surface area (Å²) < 4.78 is 15.9. The first-order valence-electron chi connectivity index (χ1n) is 12.2. The second kappa shape index (κ2) is 9.31. The van der Waals surface area contributed by atoms with Gasteiger partial charge in [-0.05, 0) is 41.5 Å². The van der Waals surface area contributed by atoms with Crippen molar-refractivity contribution in [2.24, 2.45) is 0 Å². The van der Waals surface area contributed by atoms with Crippen LogP contribution >= 0.6 is 0 Å². The van der Waals surface area contributed by atoms with Crippen molar-refractivity contribution >= 4 is 21.8 Å². The predicted octanol–water partition coefficient (Wildman–Crippen LogP) is 7.38. The van der Waals surface area contributed by atoms with E-state index in [1.807, 2.05) is 12.1 Å². The highest BCUT2D eigenvalue weighted by atomic mass is 16.5. The molecule has 2 heterocycles. The minimum atomic E-state index is 0.772. The first kappa shape index (κ1) is 22.1. The summed E-state index contributed by atoms with van der Waals surface area (Å²) in [4.78, 5) is 0. The molecule has 0 bridgehead atoms. The van der Waals surface area contributed by atoms with Crippen molar-refractivity contribution in [3.63, 3.8) is 0 Å². The highest BCUT2D eigenvalue weighted by molar-refractivity contribution is 5.99. The summed E-state index contributed by atoms with van der Waals surface area (Å²) >= 11 is 0. The van der Waals surface area contributed by atoms with Gasteiger partial charge in [0.25, 0.3) is 0 Å². The topological polar surface area (TPSA) is 28.3 Å². The fourth-order valence-corrected chi connectivity index (χ4v) is 5.03. The van der Waals surface area contributed by atoms with Crippen LogP contribution in [0.25, 0.3) is 33.1 Å². The maximum absolute atomic E-state index is 5.59. The van der Waals surface area contributed by atoms with Crippen LogP contribution in [0.2, 0.25) is 0 Å². The van der Waals surface area contributed by atoms with E-state index in [-0.39, 0.29) is 0 Å². The van der Waals surface area contributed by atoms with E-state index in [1.54, 1.807) is 14.2 Å². The van der Waals surface area contributed by atoms with E-state index < -0.39 is 0 Å². The van der Waals surface area contributed by atoms with Crippen molar-refractivity contribution in [1.29, 1.82) is 0 Å². The van der Waals surface area contributed by atoms with E-state index >= 15 is 0 Å². The van der Waals surface area contributed by atoms with Crippen molar-refractivity contribution in [2.45, 2.75) is 13.1 Å². The van der Waals surface area contributed by atoms with Gasteiger partial charge in [-0.2, -0.15) is 0 Å². The molecule has 0 spiro atoms. The normalized spacial score (nSPS) is 11.3. The second-order valence-electron chi connectivity index (χ2n) is 9.07. The lowest BCUT2D eigenvalue weighted by Crippen LogP contribution is -2.02. The molecule has 4 aromatic carbocycles. The second-order valence-corrected chi connectivity index (χ2v) is 9.07. The molecule has 4 heteroatoms. The van der Waals surface area contributed by atoms with Gasteiger partial charge in [0.15, 0.2) is 0 Å². The first-order chi connectivity index (χ1) is 17.7. The summed E-state index contributed by atoms with van der Waals surface area (Å²) in [5, 5.41) is 2.40. The van der Waals surface area contributed by atoms with Gasteiger partial charge in [0.2, 0.25) is 0 Å². The van der Waals surface area contributed by atoms with E-state index in [2.05, 4.69) is 106 Å². The third kappa shape index (κ3) is 4.01. The fourth-order valence-electron chi connectivity index (χ4n) is 5.03. The fraction of sp³-hybridized carbons (Fsp3) is 0.125. The molecule has 178 valence electrons. The van der Waals surface area contributed by atoms with Crippen LogP contribution in [0.5, 0.6) is 11.5 Å². The first-order valence-corrected chi connectivity index (χ1v) is 12.2. The molecule has 0 fully saturated rings. The van der Waals surface area contributed by atoms with Crippen molar-refractivity contribution in [3.8, 4) is 22.8 Å². The Kier molecular flexibility index (Phi) is 5.70. The average Bonchev–Trinajstić information content (AvgIpc) is 3.47. The number of aromatic nitrogens is 2. The number of benzene rings is 4. The maximum atomic E-state index is 5.59. The molecule has 6 aromatic rings. The lowest BCUT2D eigenvalue weighted by Gasteiger charge is -2.12. The Hall–Kier alpha value is -4.44. The van der Waals surface area contributed by atoms with Crippen molar-refractivity contribution in [3.05, 3.63) is 120 Å². The monoisotopic (exact) mass is 472 g/mol. The number of methoxy groups -OCH3 is 2. The summed E-state index contributed by atoms with van der Waals surface area (Å²) in [6, 6.07) is 36.2. The number of ether oxygens (including phenoxy) is 2. The molecule has 36 heavy (non-hydrogen) atoms. The van der Waals surface area contributed by atoms with E-state index in [0.717, 1.165) is 35.6 Å². The number of hydrogen-bond acceptors (Lipinski definition) is 2. The third-order valence-electron chi connectivity index (χ3n) is 6.86. The molecule has 0 amide bonds. The van der Waals surface area contributed by atoms with Crippen molar-refractivity contribution in [2.75, 3.05) is 14.2 Å². The molecule has 2 aromatic heterocycles. The predicted molar refractivity (Wildman–Crippen MR) is 147 cm³/mol. The van der Waals surface area contributed by atoms with Gasteiger partial charge < -0.3 is 18.6 Å². The van der Waals surface area contributed by atoms with Crippen LogP contribution in [0, 0.1) is 0 Å². The summed E-state index contributed by atoms with van der Waals surface area (Å²) in [5.41, 5.74) is 7.22. The van der Waals surface area contributed by atoms with Crippen molar-refractivity contribution < 1.29 is 9.47 Å². The maximum Gasteiger partial charge on any atom is 0.120 e. The van der Waals surface area contributed by atoms with Gasteiger partial charge in [0.05, 0.1) is 30.9 Å². The van der Waals surface area contributed by atoms with Gasteiger partial charge in [-0.3, -0.25) is 0 Å². The molecular weight excluding hydrogens is 444 g/mol. The smallest absolute Gasteiger partial charge is 0.120 e. The SMILES string of the molecule is COc1ccc2c(-c3cc4ccc(OC)cc4n3Cc3ccccc3)cn(Cc3ccccc3)c2c1. The molecule has 6 rings (SSSR count). The van der Waals surface area contributed by atoms with Crippen molar-refractivity contribution in [1.82, 2.24) is 9.13 Å². The molecule has 0 aliphatic heterocycles. The molecule has 0 unspecified atom stereocenters. The molecule has 0 atom stereocenters. The quantitative estimate of drug-likeness (QED) is 0.243. The standard InChI is InChI=1S/C32H28N2O2/c1-35-26-14-13-25-17-32(34(30(25)18-26)21-24-11-7-4-8-12-24)29-22-33(20-23-9-5-3-6-10-23)31-19-27(36-2)15-16-28(29)31/h3-19,22H,20-21H2,1-2H3. The van der Waals surface area contributed by atoms with Crippen LogP contribution in [0.3, 0.4) is 0 Å². The zero-order valence-electron chi connectivity index (χ0n) is 20.5. The molecule has 0 radical (unpaired) electrons. The van der Waals surface area contributed by atoms with E-state index in [9.17, 15) is 0 Å². The minimum Gasteiger partial charge on any atom is -0.497 e. The van der Waals surface area contributed by atoms with Crippen LogP contribution in [-0.4, -0.2) is 23.4 Å². The zero-order valence-corrected chi connectivity index (χ0v) is 20.5. The summed E-state index contributed by atoms with van der Waals surface area (Å²) in [7, 11) is 3.44. The number of rotatable bonds is 7. The average molecular weight is 473 g/mol. The molecule has 0 N–H and O–H groups in total. The number of fused-ring (bicyclic) bond motifs is 2. The zero-order chi connectivity index (χ0) is 24.5. The third-order valence-corrected chi connectivity index (χ3v) is 6.86. The van der Waals surface area contributed by atoms with E-state index in [0.29, 0.717) is 0 Å². The van der Waals surface area contributed by atoms with Gasteiger partial charge in [-0.15, -0.1) is 0 Å². The lowest BCUT2D eigenvalue weighted by atomic mass is 10.1. The molecule has 0 saturated carbocycles. The van der Waals surface area contributed by atoms with Gasteiger partial charge in [-0.25, -0.2) is 0 Å². The lowest BCUT2D eigenvalue weighted by molar-refractivity contribution is 0.415. The van der Waals surface area contributed by atoms with Crippen LogP contribution in [0.1, 0.15) is 11.1 Å². The molecule has 4 nitrogen and oxygen atoms in total. The Morgan fingerprint density at radius 1 is 0.611 bits per heavy atom. The molecule has 0 saturated heterocycles. The Morgan fingerprint density at radius 2 is 1.22 bits per heavy atom.